The molecule has 15 heavy (non-hydrogen) atoms. The van der Waals surface area contributed by atoms with Gasteiger partial charge in [0.25, 0.3) is 5.69 Å². The van der Waals surface area contributed by atoms with E-state index < -0.39 is 4.92 Å². The molecule has 0 aromatic heterocycles. The van der Waals surface area contributed by atoms with Crippen molar-refractivity contribution in [2.45, 2.75) is 17.7 Å². The van der Waals surface area contributed by atoms with Crippen molar-refractivity contribution in [3.8, 4) is 0 Å². The van der Waals surface area contributed by atoms with Crippen molar-refractivity contribution in [1.82, 2.24) is 0 Å². The van der Waals surface area contributed by atoms with Gasteiger partial charge in [-0.3, -0.25) is 14.9 Å². The minimum absolute atomic E-state index is 0.0556. The zero-order valence-electron chi connectivity index (χ0n) is 7.77. The van der Waals surface area contributed by atoms with Gasteiger partial charge in [-0.25, -0.2) is 0 Å². The van der Waals surface area contributed by atoms with Crippen LogP contribution < -0.4 is 0 Å². The molecule has 0 spiro atoms. The summed E-state index contributed by atoms with van der Waals surface area (Å²) in [7, 11) is 0. The average molecular weight is 270 g/mol. The van der Waals surface area contributed by atoms with Crippen LogP contribution in [-0.4, -0.2) is 15.5 Å². The maximum absolute atomic E-state index is 11.7. The zero-order chi connectivity index (χ0) is 11.0. The predicted octanol–water partition coefficient (Wildman–Crippen LogP) is 2.49. The Morgan fingerprint density at radius 2 is 2.20 bits per heavy atom. The third-order valence-electron chi connectivity index (χ3n) is 2.55. The lowest BCUT2D eigenvalue weighted by Crippen LogP contribution is -2.23. The Kier molecular flexibility index (Phi) is 2.56. The van der Waals surface area contributed by atoms with Crippen molar-refractivity contribution >= 4 is 27.4 Å². The average Bonchev–Trinajstić information content (AvgIpc) is 2.23. The number of hydrogen-bond acceptors (Lipinski definition) is 3. The van der Waals surface area contributed by atoms with Gasteiger partial charge in [0.15, 0.2) is 5.78 Å². The molecule has 0 bridgehead atoms. The molecular formula is C10H8BrNO3. The number of nitro groups is 1. The summed E-state index contributed by atoms with van der Waals surface area (Å²) >= 11 is 3.27. The lowest BCUT2D eigenvalue weighted by atomic mass is 9.89. The van der Waals surface area contributed by atoms with Gasteiger partial charge < -0.3 is 0 Å². The summed E-state index contributed by atoms with van der Waals surface area (Å²) in [6, 6.07) is 4.65. The molecule has 2 rings (SSSR count). The molecular weight excluding hydrogens is 262 g/mol. The molecule has 0 N–H and O–H groups in total. The van der Waals surface area contributed by atoms with Crippen LogP contribution in [0.25, 0.3) is 0 Å². The molecule has 1 aliphatic carbocycles. The van der Waals surface area contributed by atoms with E-state index in [0.29, 0.717) is 24.0 Å². The zero-order valence-corrected chi connectivity index (χ0v) is 9.36. The Bertz CT molecular complexity index is 444. The SMILES string of the molecule is O=C1c2cccc([N+](=O)[O-])c2CC[C@@H]1Br. The Morgan fingerprint density at radius 1 is 1.47 bits per heavy atom. The second-order valence-electron chi connectivity index (χ2n) is 3.43. The maximum Gasteiger partial charge on any atom is 0.273 e. The van der Waals surface area contributed by atoms with Crippen LogP contribution in [0.2, 0.25) is 0 Å². The molecule has 5 heteroatoms. The number of alkyl halides is 1. The first kappa shape index (κ1) is 10.3. The first-order valence-electron chi connectivity index (χ1n) is 4.56. The lowest BCUT2D eigenvalue weighted by Gasteiger charge is -2.18. The van der Waals surface area contributed by atoms with Crippen LogP contribution >= 0.6 is 15.9 Å². The predicted molar refractivity (Wildman–Crippen MR) is 58.5 cm³/mol. The fraction of sp³-hybridized carbons (Fsp3) is 0.300. The summed E-state index contributed by atoms with van der Waals surface area (Å²) in [5, 5.41) is 10.7. The molecule has 0 amide bonds. The van der Waals surface area contributed by atoms with Gasteiger partial charge in [0.1, 0.15) is 0 Å². The molecule has 0 unspecified atom stereocenters. The quantitative estimate of drug-likeness (QED) is 0.447. The molecule has 0 fully saturated rings. The number of fused-ring (bicyclic) bond motifs is 1. The first-order chi connectivity index (χ1) is 7.11. The number of carbonyl (C=O) groups excluding carboxylic acids is 1. The van der Waals surface area contributed by atoms with Gasteiger partial charge in [-0.1, -0.05) is 28.1 Å². The highest BCUT2D eigenvalue weighted by Gasteiger charge is 2.29. The number of halogens is 1. The molecule has 0 radical (unpaired) electrons. The molecule has 0 heterocycles. The minimum atomic E-state index is -0.430. The topological polar surface area (TPSA) is 60.2 Å². The third-order valence-corrected chi connectivity index (χ3v) is 3.42. The van der Waals surface area contributed by atoms with E-state index in [9.17, 15) is 14.9 Å². The van der Waals surface area contributed by atoms with Crippen molar-refractivity contribution in [3.63, 3.8) is 0 Å². The van der Waals surface area contributed by atoms with Gasteiger partial charge in [0.05, 0.1) is 9.75 Å². The number of benzene rings is 1. The number of ketones is 1. The summed E-state index contributed by atoms with van der Waals surface area (Å²) in [6.07, 6.45) is 1.20. The Balaban J connectivity index is 2.58. The van der Waals surface area contributed by atoms with Crippen molar-refractivity contribution in [2.24, 2.45) is 0 Å². The Morgan fingerprint density at radius 3 is 2.87 bits per heavy atom. The largest absolute Gasteiger partial charge is 0.293 e. The van der Waals surface area contributed by atoms with E-state index in [2.05, 4.69) is 15.9 Å². The lowest BCUT2D eigenvalue weighted by molar-refractivity contribution is -0.385. The second-order valence-corrected chi connectivity index (χ2v) is 4.54. The van der Waals surface area contributed by atoms with Gasteiger partial charge in [-0.05, 0) is 12.8 Å². The highest BCUT2D eigenvalue weighted by atomic mass is 79.9. The monoisotopic (exact) mass is 269 g/mol. The fourth-order valence-corrected chi connectivity index (χ4v) is 2.29. The highest BCUT2D eigenvalue weighted by Crippen LogP contribution is 2.31. The van der Waals surface area contributed by atoms with E-state index >= 15 is 0 Å². The summed E-state index contributed by atoms with van der Waals surface area (Å²) in [5.74, 6) is -0.0556. The highest BCUT2D eigenvalue weighted by molar-refractivity contribution is 9.10. The smallest absolute Gasteiger partial charge is 0.273 e. The second kappa shape index (κ2) is 3.73. The van der Waals surface area contributed by atoms with Crippen molar-refractivity contribution in [2.75, 3.05) is 0 Å². The molecule has 78 valence electrons. The van der Waals surface area contributed by atoms with Crippen LogP contribution in [-0.2, 0) is 6.42 Å². The number of Topliss-reactive ketones (excluding diaryl/α,β-unsaturated/α-hetero) is 1. The van der Waals surface area contributed by atoms with Gasteiger partial charge in [0.2, 0.25) is 0 Å². The molecule has 0 aliphatic heterocycles. The molecule has 0 saturated carbocycles. The summed E-state index contributed by atoms with van der Waals surface area (Å²) in [5.41, 5.74) is 1.11. The van der Waals surface area contributed by atoms with E-state index in [-0.39, 0.29) is 16.3 Å². The number of nitro benzene ring substituents is 1. The van der Waals surface area contributed by atoms with Crippen LogP contribution in [0, 0.1) is 10.1 Å². The summed E-state index contributed by atoms with van der Waals surface area (Å²) in [4.78, 5) is 21.8. The van der Waals surface area contributed by atoms with Crippen LogP contribution in [0.4, 0.5) is 5.69 Å². The van der Waals surface area contributed by atoms with E-state index in [1.807, 2.05) is 0 Å². The van der Waals surface area contributed by atoms with Gasteiger partial charge in [0, 0.05) is 17.2 Å². The Hall–Kier alpha value is -1.23. The third kappa shape index (κ3) is 1.67. The number of rotatable bonds is 1. The molecule has 1 atom stereocenters. The summed E-state index contributed by atoms with van der Waals surface area (Å²) < 4.78 is 0. The Labute approximate surface area is 94.6 Å². The van der Waals surface area contributed by atoms with Gasteiger partial charge in [-0.15, -0.1) is 0 Å². The summed E-state index contributed by atoms with van der Waals surface area (Å²) in [6.45, 7) is 0. The standard InChI is InChI=1S/C10H8BrNO3/c11-8-5-4-6-7(10(8)13)2-1-3-9(6)12(14)15/h1-3,8H,4-5H2/t8-/m0/s1. The van der Waals surface area contributed by atoms with Crippen molar-refractivity contribution in [1.29, 1.82) is 0 Å². The van der Waals surface area contributed by atoms with Crippen LogP contribution in [0.15, 0.2) is 18.2 Å². The van der Waals surface area contributed by atoms with Crippen LogP contribution in [0.3, 0.4) is 0 Å². The molecule has 1 aromatic carbocycles. The van der Waals surface area contributed by atoms with Crippen molar-refractivity contribution < 1.29 is 9.72 Å². The molecule has 4 nitrogen and oxygen atoms in total. The molecule has 0 saturated heterocycles. The van der Waals surface area contributed by atoms with E-state index in [4.69, 9.17) is 0 Å². The van der Waals surface area contributed by atoms with E-state index in [0.717, 1.165) is 0 Å². The van der Waals surface area contributed by atoms with Crippen LogP contribution in [0.5, 0.6) is 0 Å². The number of hydrogen-bond donors (Lipinski definition) is 0. The molecule has 1 aliphatic rings. The van der Waals surface area contributed by atoms with Crippen molar-refractivity contribution in [3.05, 3.63) is 39.4 Å². The fourth-order valence-electron chi connectivity index (χ4n) is 1.81. The molecule has 1 aromatic rings. The van der Waals surface area contributed by atoms with Gasteiger partial charge >= 0.3 is 0 Å². The minimum Gasteiger partial charge on any atom is -0.293 e. The van der Waals surface area contributed by atoms with Crippen LogP contribution in [0.1, 0.15) is 22.3 Å². The van der Waals surface area contributed by atoms with E-state index in [1.54, 1.807) is 12.1 Å². The van der Waals surface area contributed by atoms with Gasteiger partial charge in [-0.2, -0.15) is 0 Å². The first-order valence-corrected chi connectivity index (χ1v) is 5.47. The number of nitrogens with zero attached hydrogens (tertiary/aromatic N) is 1. The van der Waals surface area contributed by atoms with E-state index in [1.165, 1.54) is 6.07 Å². The number of carbonyl (C=O) groups is 1. The normalized spacial score (nSPS) is 19.8. The maximum atomic E-state index is 11.7.